The largest absolute Gasteiger partial charge is 0.461 e. The highest BCUT2D eigenvalue weighted by Gasteiger charge is 2.50. The summed E-state index contributed by atoms with van der Waals surface area (Å²) >= 11 is 1.51. The van der Waals surface area contributed by atoms with Crippen LogP contribution < -0.4 is 15.4 Å². The van der Waals surface area contributed by atoms with Crippen molar-refractivity contribution in [3.8, 4) is 29.3 Å². The quantitative estimate of drug-likeness (QED) is 0.152. The van der Waals surface area contributed by atoms with Gasteiger partial charge in [-0.2, -0.15) is 46.8 Å². The molecule has 0 saturated carbocycles. The molecule has 1 amide bonds. The highest BCUT2D eigenvalue weighted by atomic mass is 32.1. The first-order valence-corrected chi connectivity index (χ1v) is 20.1. The van der Waals surface area contributed by atoms with Crippen LogP contribution in [0.2, 0.25) is 0 Å². The summed E-state index contributed by atoms with van der Waals surface area (Å²) in [6.45, 7) is 2.35. The molecule has 10 nitrogen and oxygen atoms in total. The lowest BCUT2D eigenvalue weighted by atomic mass is 9.88. The highest BCUT2D eigenvalue weighted by molar-refractivity contribution is 7.23. The number of halogens is 8. The lowest BCUT2D eigenvalue weighted by molar-refractivity contribution is -0.141. The number of nitriles is 2. The van der Waals surface area contributed by atoms with Crippen LogP contribution in [0.1, 0.15) is 63.8 Å². The Morgan fingerprint density at radius 2 is 1.85 bits per heavy atom. The van der Waals surface area contributed by atoms with E-state index in [0.29, 0.717) is 35.2 Å². The number of rotatable bonds is 8. The molecule has 308 valence electrons. The summed E-state index contributed by atoms with van der Waals surface area (Å²) in [5.74, 6) is -1.72. The third-order valence-electron chi connectivity index (χ3n) is 11.4. The van der Waals surface area contributed by atoms with Crippen molar-refractivity contribution in [1.29, 1.82) is 10.5 Å². The lowest BCUT2D eigenvalue weighted by Gasteiger charge is -2.32. The van der Waals surface area contributed by atoms with Crippen LogP contribution >= 0.6 is 22.7 Å². The van der Waals surface area contributed by atoms with E-state index in [9.17, 15) is 19.7 Å². The molecule has 3 atom stereocenters. The number of aromatic nitrogens is 2. The Hall–Kier alpha value is -5.31. The Morgan fingerprint density at radius 1 is 1.07 bits per heavy atom. The van der Waals surface area contributed by atoms with E-state index in [4.69, 9.17) is 10.5 Å². The molecule has 0 aliphatic carbocycles. The molecule has 3 aliphatic rings. The number of nitrogen functional groups attached to an aromatic ring is 1. The molecule has 3 aromatic heterocycles. The summed E-state index contributed by atoms with van der Waals surface area (Å²) in [5, 5.41) is 17.7. The standard InChI is InChI=1S/C39H32F8N8O2S2/c1-2-55(20-8-11-53(17-20)35(56)27-7-4-21(14-48)58-27)34-23-12-25(38(42,43)44)29(22-5-6-26(41)32-28(22)24(15-49)33(50)59-32)30(39(45,46)47)31(23)51-36(52-34)57-18-37-9-3-10-54(37)16-19(40)13-37/h4-7,12,19-20H,2-3,8-11,13,16-18,50H2,1H3. The number of ether oxygens (including phenoxy) is 1. The fraction of sp³-hybridized carbons (Fsp3) is 0.410. The van der Waals surface area contributed by atoms with Gasteiger partial charge in [0.05, 0.1) is 37.3 Å². The van der Waals surface area contributed by atoms with Gasteiger partial charge >= 0.3 is 18.4 Å². The summed E-state index contributed by atoms with van der Waals surface area (Å²) in [5.41, 5.74) is -2.00. The molecule has 59 heavy (non-hydrogen) atoms. The first-order valence-electron chi connectivity index (χ1n) is 18.5. The monoisotopic (exact) mass is 860 g/mol. The molecule has 0 bridgehead atoms. The minimum absolute atomic E-state index is 0.0137. The van der Waals surface area contributed by atoms with Gasteiger partial charge in [0.15, 0.2) is 0 Å². The van der Waals surface area contributed by atoms with E-state index >= 15 is 30.7 Å². The Bertz CT molecular complexity index is 2600. The topological polar surface area (TPSA) is 135 Å². The maximum Gasteiger partial charge on any atom is 0.419 e. The van der Waals surface area contributed by atoms with Crippen LogP contribution in [-0.4, -0.2) is 82.8 Å². The molecule has 6 heterocycles. The number of likely N-dealkylation sites (tertiary alicyclic amines) is 1. The number of carbonyl (C=O) groups excluding carboxylic acids is 1. The summed E-state index contributed by atoms with van der Waals surface area (Å²) in [6.07, 6.45) is -10.6. The van der Waals surface area contributed by atoms with Crippen molar-refractivity contribution in [2.45, 2.75) is 62.7 Å². The van der Waals surface area contributed by atoms with Crippen molar-refractivity contribution in [2.24, 2.45) is 0 Å². The SMILES string of the molecule is CCN(c1nc(OCC23CCCN2CC(F)C3)nc2c(C(F)(F)F)c(-c3ccc(F)c4sc(N)c(C#N)c34)c(C(F)(F)F)cc12)C1CCN(C(=O)c2ccc(C#N)s2)C1. The Morgan fingerprint density at radius 3 is 2.53 bits per heavy atom. The molecule has 2 aromatic carbocycles. The molecule has 3 unspecified atom stereocenters. The maximum atomic E-state index is 15.8. The molecule has 0 radical (unpaired) electrons. The molecule has 5 aromatic rings. The number of hydrogen-bond donors (Lipinski definition) is 1. The molecule has 0 spiro atoms. The summed E-state index contributed by atoms with van der Waals surface area (Å²) < 4.78 is 129. The van der Waals surface area contributed by atoms with Crippen LogP contribution in [-0.2, 0) is 12.4 Å². The molecule has 2 N–H and O–H groups in total. The Labute approximate surface area is 339 Å². The van der Waals surface area contributed by atoms with Gasteiger partial charge in [-0.15, -0.1) is 22.7 Å². The maximum absolute atomic E-state index is 15.8. The minimum atomic E-state index is -5.54. The predicted octanol–water partition coefficient (Wildman–Crippen LogP) is 8.77. The highest BCUT2D eigenvalue weighted by Crippen LogP contribution is 2.52. The number of amides is 1. The number of nitrogens with two attached hydrogens (primary N) is 1. The summed E-state index contributed by atoms with van der Waals surface area (Å²) in [4.78, 5) is 27.6. The third-order valence-corrected chi connectivity index (χ3v) is 13.4. The zero-order chi connectivity index (χ0) is 42.2. The van der Waals surface area contributed by atoms with Crippen molar-refractivity contribution < 1.29 is 44.7 Å². The van der Waals surface area contributed by atoms with Gasteiger partial charge in [0.25, 0.3) is 5.91 Å². The second kappa shape index (κ2) is 14.8. The second-order valence-corrected chi connectivity index (χ2v) is 16.9. The van der Waals surface area contributed by atoms with E-state index < -0.39 is 96.6 Å². The zero-order valence-electron chi connectivity index (χ0n) is 31.0. The number of benzene rings is 2. The van der Waals surface area contributed by atoms with Crippen LogP contribution in [0.25, 0.3) is 32.1 Å². The average Bonchev–Trinajstić information content (AvgIpc) is 4.02. The number of nitrogens with zero attached hydrogens (tertiary/aromatic N) is 7. The number of hydrogen-bond acceptors (Lipinski definition) is 11. The smallest absolute Gasteiger partial charge is 0.419 e. The normalized spacial score (nSPS) is 21.0. The van der Waals surface area contributed by atoms with Gasteiger partial charge in [-0.05, 0) is 62.6 Å². The van der Waals surface area contributed by atoms with E-state index in [-0.39, 0.29) is 61.3 Å². The van der Waals surface area contributed by atoms with Crippen LogP contribution in [0.5, 0.6) is 6.01 Å². The second-order valence-electron chi connectivity index (χ2n) is 14.8. The summed E-state index contributed by atoms with van der Waals surface area (Å²) in [7, 11) is 0. The molecular formula is C39H32F8N8O2S2. The first-order chi connectivity index (χ1) is 28.0. The molecular weight excluding hydrogens is 829 g/mol. The van der Waals surface area contributed by atoms with Gasteiger partial charge in [-0.1, -0.05) is 6.07 Å². The van der Waals surface area contributed by atoms with E-state index in [1.165, 1.54) is 21.9 Å². The molecule has 3 fully saturated rings. The van der Waals surface area contributed by atoms with Crippen LogP contribution in [0, 0.1) is 28.5 Å². The number of anilines is 2. The van der Waals surface area contributed by atoms with E-state index in [2.05, 4.69) is 9.97 Å². The summed E-state index contributed by atoms with van der Waals surface area (Å²) in [6, 6.07) is 7.43. The van der Waals surface area contributed by atoms with Gasteiger partial charge in [0, 0.05) is 55.0 Å². The minimum Gasteiger partial charge on any atom is -0.461 e. The van der Waals surface area contributed by atoms with Crippen molar-refractivity contribution in [2.75, 3.05) is 50.0 Å². The Balaban J connectivity index is 1.35. The van der Waals surface area contributed by atoms with E-state index in [1.807, 2.05) is 11.0 Å². The third kappa shape index (κ3) is 6.94. The van der Waals surface area contributed by atoms with Crippen molar-refractivity contribution in [3.05, 3.63) is 62.6 Å². The van der Waals surface area contributed by atoms with Crippen molar-refractivity contribution in [1.82, 2.24) is 19.8 Å². The number of alkyl halides is 7. The fourth-order valence-electron chi connectivity index (χ4n) is 8.88. The van der Waals surface area contributed by atoms with Gasteiger partial charge in [-0.25, -0.2) is 8.78 Å². The van der Waals surface area contributed by atoms with Gasteiger partial charge in [0.1, 0.15) is 46.4 Å². The van der Waals surface area contributed by atoms with Crippen LogP contribution in [0.15, 0.2) is 30.3 Å². The van der Waals surface area contributed by atoms with E-state index in [1.54, 1.807) is 13.0 Å². The Kier molecular flexibility index (Phi) is 10.1. The lowest BCUT2D eigenvalue weighted by Crippen LogP contribution is -2.43. The molecule has 8 rings (SSSR count). The van der Waals surface area contributed by atoms with Gasteiger partial charge < -0.3 is 20.3 Å². The number of fused-ring (bicyclic) bond motifs is 3. The van der Waals surface area contributed by atoms with Gasteiger partial charge in [-0.3, -0.25) is 9.69 Å². The number of carbonyl (C=O) groups is 1. The van der Waals surface area contributed by atoms with Crippen LogP contribution in [0.4, 0.5) is 45.9 Å². The average molecular weight is 861 g/mol. The molecule has 20 heteroatoms. The van der Waals surface area contributed by atoms with E-state index in [0.717, 1.165) is 29.9 Å². The molecule has 3 aliphatic heterocycles. The fourth-order valence-corrected chi connectivity index (χ4v) is 10.6. The zero-order valence-corrected chi connectivity index (χ0v) is 32.6. The first kappa shape index (κ1) is 40.5. The number of thiophene rings is 2. The van der Waals surface area contributed by atoms with Crippen LogP contribution in [0.3, 0.4) is 0 Å². The van der Waals surface area contributed by atoms with Crippen molar-refractivity contribution >= 4 is 60.4 Å². The number of likely N-dealkylation sites (N-methyl/N-ethyl adjacent to an activating group) is 1. The van der Waals surface area contributed by atoms with Crippen molar-refractivity contribution in [3.63, 3.8) is 0 Å². The predicted molar refractivity (Wildman–Crippen MR) is 204 cm³/mol. The van der Waals surface area contributed by atoms with Gasteiger partial charge in [0.2, 0.25) is 0 Å². The molecule has 3 saturated heterocycles.